The molecular weight excluding hydrogens is 1310 g/mol. The molecule has 0 atom stereocenters. The molecule has 12 aromatic rings. The van der Waals surface area contributed by atoms with Crippen molar-refractivity contribution in [2.24, 2.45) is 0 Å². The summed E-state index contributed by atoms with van der Waals surface area (Å²) in [5, 5.41) is 30.9. The summed E-state index contributed by atoms with van der Waals surface area (Å²) in [5.74, 6) is 0. The number of nitrogens with one attached hydrogen (secondary N) is 6. The fourth-order valence-corrected chi connectivity index (χ4v) is 12.0. The first-order valence-corrected chi connectivity index (χ1v) is 36.7. The van der Waals surface area contributed by atoms with Crippen molar-refractivity contribution in [1.29, 1.82) is 0 Å². The summed E-state index contributed by atoms with van der Waals surface area (Å²) in [7, 11) is -9.87. The number of nitrogens with zero attached hydrogens (tertiary/aromatic N) is 6. The van der Waals surface area contributed by atoms with Crippen molar-refractivity contribution < 1.29 is 39.6 Å². The topological polar surface area (TPSA) is 279 Å². The minimum absolute atomic E-state index is 0.228. The highest BCUT2D eigenvalue weighted by Gasteiger charge is 2.19. The van der Waals surface area contributed by atoms with Gasteiger partial charge in [0.15, 0.2) is 29.5 Å². The Labute approximate surface area is 575 Å². The number of hydrogen-bond acceptors (Lipinski definition) is 12. The molecule has 0 unspecified atom stereocenters. The van der Waals surface area contributed by atoms with Crippen LogP contribution in [0, 0.1) is 20.8 Å². The number of rotatable bonds is 18. The third-order valence-electron chi connectivity index (χ3n) is 15.2. The molecule has 9 aromatic carbocycles. The van der Waals surface area contributed by atoms with Gasteiger partial charge in [-0.25, -0.2) is 53.7 Å². The first-order chi connectivity index (χ1) is 47.4. The van der Waals surface area contributed by atoms with E-state index in [1.807, 2.05) is 203 Å². The van der Waals surface area contributed by atoms with Crippen LogP contribution in [0.3, 0.4) is 0 Å². The molecule has 3 heterocycles. The third-order valence-corrected chi connectivity index (χ3v) is 18.6. The molecule has 0 saturated heterocycles. The van der Waals surface area contributed by atoms with Gasteiger partial charge in [0, 0.05) is 52.5 Å². The average molecular weight is 1380 g/mol. The van der Waals surface area contributed by atoms with Crippen LogP contribution in [0.1, 0.15) is 33.8 Å². The number of carbonyl (C=O) groups is 3. The van der Waals surface area contributed by atoms with Gasteiger partial charge in [-0.3, -0.25) is 0 Å². The number of benzene rings is 9. The van der Waals surface area contributed by atoms with Crippen molar-refractivity contribution in [3.05, 3.63) is 289 Å². The number of amides is 6. The standard InChI is InChI=1S/3C25H24N4O3S/c1-18-7-6-10-20(15-18)27-25(30)26-17-21-16-24(19-8-4-3-5-9-19)29(28-21)22-11-13-23(14-12-22)33(2,31)32;2*1-18-8-10-20(11-9-18)27-25(30)26-17-21-16-24(19-6-4-3-5-7-19)29(28-21)22-12-14-23(15-13-22)33(2,31)32/h3*3-16H,17H2,1-2H3,(H2,26,27,30). The number of hydrogen-bond donors (Lipinski definition) is 6. The minimum Gasteiger partial charge on any atom is -0.332 e. The van der Waals surface area contributed by atoms with Gasteiger partial charge in [-0.1, -0.05) is 139 Å². The molecule has 0 aliphatic rings. The maximum atomic E-state index is 12.3. The Morgan fingerprint density at radius 1 is 0.313 bits per heavy atom. The SMILES string of the molecule is Cc1ccc(NC(=O)NCc2cc(-c3ccccc3)n(-c3ccc(S(C)(=O)=O)cc3)n2)cc1.Cc1ccc(NC(=O)NCc2cc(-c3ccccc3)n(-c3ccc(S(C)(=O)=O)cc3)n2)cc1.Cc1cccc(NC(=O)NCc2cc(-c3ccccc3)n(-c3ccc(S(C)(=O)=O)cc3)n2)c1. The Morgan fingerprint density at radius 3 is 0.869 bits per heavy atom. The quantitative estimate of drug-likeness (QED) is 0.0468. The van der Waals surface area contributed by atoms with Gasteiger partial charge in [0.05, 0.1) is 85.5 Å². The molecule has 0 bridgehead atoms. The molecule has 0 saturated carbocycles. The van der Waals surface area contributed by atoms with Crippen LogP contribution >= 0.6 is 0 Å². The maximum absolute atomic E-state index is 12.3. The fourth-order valence-electron chi connectivity index (χ4n) is 10.1. The smallest absolute Gasteiger partial charge is 0.319 e. The summed E-state index contributed by atoms with van der Waals surface area (Å²) in [6.07, 6.45) is 3.53. The average Bonchev–Trinajstić information content (AvgIpc) is 1.69. The Kier molecular flexibility index (Phi) is 22.2. The Morgan fingerprint density at radius 2 is 0.596 bits per heavy atom. The minimum atomic E-state index is -3.29. The van der Waals surface area contributed by atoms with E-state index in [0.717, 1.165) is 67.5 Å². The summed E-state index contributed by atoms with van der Waals surface area (Å²) in [6, 6.07) is 76.4. The van der Waals surface area contributed by atoms with Gasteiger partial charge < -0.3 is 31.9 Å². The number of carbonyl (C=O) groups excluding carboxylic acids is 3. The van der Waals surface area contributed by atoms with Crippen LogP contribution in [-0.2, 0) is 49.1 Å². The lowest BCUT2D eigenvalue weighted by molar-refractivity contribution is 0.251. The van der Waals surface area contributed by atoms with E-state index >= 15 is 0 Å². The predicted molar refractivity (Wildman–Crippen MR) is 387 cm³/mol. The van der Waals surface area contributed by atoms with Gasteiger partial charge in [0.2, 0.25) is 0 Å². The molecule has 21 nitrogen and oxygen atoms in total. The summed E-state index contributed by atoms with van der Waals surface area (Å²) >= 11 is 0. The van der Waals surface area contributed by atoms with Crippen LogP contribution < -0.4 is 31.9 Å². The van der Waals surface area contributed by atoms with Gasteiger partial charge in [-0.15, -0.1) is 0 Å². The summed E-state index contributed by atoms with van der Waals surface area (Å²) < 4.78 is 76.1. The predicted octanol–water partition coefficient (Wildman–Crippen LogP) is 13.7. The van der Waals surface area contributed by atoms with Crippen molar-refractivity contribution >= 4 is 64.7 Å². The molecule has 504 valence electrons. The van der Waals surface area contributed by atoms with Crippen molar-refractivity contribution in [3.8, 4) is 50.8 Å². The zero-order valence-electron chi connectivity index (χ0n) is 55.0. The zero-order chi connectivity index (χ0) is 70.3. The molecule has 12 rings (SSSR count). The van der Waals surface area contributed by atoms with E-state index in [-0.39, 0.29) is 52.4 Å². The van der Waals surface area contributed by atoms with E-state index < -0.39 is 29.5 Å². The number of urea groups is 3. The van der Waals surface area contributed by atoms with Crippen molar-refractivity contribution in [1.82, 2.24) is 45.3 Å². The monoisotopic (exact) mass is 1380 g/mol. The van der Waals surface area contributed by atoms with Crippen LogP contribution in [0.15, 0.2) is 269 Å². The molecular formula is C75H72N12O9S3. The van der Waals surface area contributed by atoms with Crippen LogP contribution in [0.5, 0.6) is 0 Å². The molecule has 0 aliphatic heterocycles. The third kappa shape index (κ3) is 19.5. The largest absolute Gasteiger partial charge is 0.332 e. The fraction of sp³-hybridized carbons (Fsp3) is 0.120. The lowest BCUT2D eigenvalue weighted by Crippen LogP contribution is -2.28. The second-order valence-electron chi connectivity index (χ2n) is 23.2. The normalized spacial score (nSPS) is 11.2. The van der Waals surface area contributed by atoms with Crippen LogP contribution in [0.4, 0.5) is 31.4 Å². The molecule has 0 spiro atoms. The Bertz CT molecular complexity index is 4920. The van der Waals surface area contributed by atoms with E-state index in [4.69, 9.17) is 0 Å². The van der Waals surface area contributed by atoms with Gasteiger partial charge >= 0.3 is 18.1 Å². The van der Waals surface area contributed by atoms with Crippen LogP contribution in [-0.4, -0.2) is 91.5 Å². The molecule has 24 heteroatoms. The Hall–Kier alpha value is -11.7. The number of sulfone groups is 3. The van der Waals surface area contributed by atoms with Gasteiger partial charge in [0.25, 0.3) is 0 Å². The Balaban J connectivity index is 0.000000161. The van der Waals surface area contributed by atoms with Crippen molar-refractivity contribution in [2.45, 2.75) is 55.1 Å². The van der Waals surface area contributed by atoms with Gasteiger partial charge in [-0.2, -0.15) is 15.3 Å². The van der Waals surface area contributed by atoms with Crippen molar-refractivity contribution in [2.75, 3.05) is 34.7 Å². The number of aromatic nitrogens is 6. The van der Waals surface area contributed by atoms with Crippen LogP contribution in [0.2, 0.25) is 0 Å². The second-order valence-corrected chi connectivity index (χ2v) is 29.3. The van der Waals surface area contributed by atoms with E-state index in [1.54, 1.807) is 86.8 Å². The molecule has 6 amide bonds. The first kappa shape index (κ1) is 70.1. The van der Waals surface area contributed by atoms with Gasteiger partial charge in [-0.05, 0) is 154 Å². The van der Waals surface area contributed by atoms with E-state index in [1.165, 1.54) is 18.8 Å². The van der Waals surface area contributed by atoms with Gasteiger partial charge in [0.1, 0.15) is 0 Å². The maximum Gasteiger partial charge on any atom is 0.319 e. The molecule has 99 heavy (non-hydrogen) atoms. The van der Waals surface area contributed by atoms with E-state index in [0.29, 0.717) is 34.1 Å². The van der Waals surface area contributed by atoms with E-state index in [2.05, 4.69) is 47.2 Å². The lowest BCUT2D eigenvalue weighted by atomic mass is 10.1. The molecule has 0 radical (unpaired) electrons. The lowest BCUT2D eigenvalue weighted by Gasteiger charge is -2.08. The summed E-state index contributed by atoms with van der Waals surface area (Å²) in [6.45, 7) is 6.62. The number of anilines is 3. The summed E-state index contributed by atoms with van der Waals surface area (Å²) in [5.41, 5.74) is 14.9. The highest BCUT2D eigenvalue weighted by Crippen LogP contribution is 2.29. The molecule has 0 fully saturated rings. The first-order valence-electron chi connectivity index (χ1n) is 31.1. The zero-order valence-corrected chi connectivity index (χ0v) is 57.4. The summed E-state index contributed by atoms with van der Waals surface area (Å²) in [4.78, 5) is 37.7. The van der Waals surface area contributed by atoms with Crippen LogP contribution in [0.25, 0.3) is 50.8 Å². The van der Waals surface area contributed by atoms with Crippen molar-refractivity contribution in [3.63, 3.8) is 0 Å². The second kappa shape index (κ2) is 31.4. The molecule has 0 aliphatic carbocycles. The van der Waals surface area contributed by atoms with E-state index in [9.17, 15) is 39.6 Å². The number of aryl methyl sites for hydroxylation is 3. The molecule has 6 N–H and O–H groups in total. The highest BCUT2D eigenvalue weighted by molar-refractivity contribution is 7.91. The highest BCUT2D eigenvalue weighted by atomic mass is 32.2. The molecule has 3 aromatic heterocycles.